The molecule has 5 rings (SSSR count). The minimum absolute atomic E-state index is 0.0408. The van der Waals surface area contributed by atoms with Crippen molar-refractivity contribution in [2.24, 2.45) is 4.99 Å². The van der Waals surface area contributed by atoms with Crippen molar-refractivity contribution in [3.05, 3.63) is 59.9 Å². The van der Waals surface area contributed by atoms with Gasteiger partial charge >= 0.3 is 6.03 Å². The quantitative estimate of drug-likeness (QED) is 0.730. The van der Waals surface area contributed by atoms with Gasteiger partial charge in [-0.05, 0) is 49.9 Å². The maximum Gasteiger partial charge on any atom is 0.328 e. The highest BCUT2D eigenvalue weighted by molar-refractivity contribution is 6.19. The fourth-order valence-electron chi connectivity index (χ4n) is 5.45. The number of nitrogens with zero attached hydrogens (tertiary/aromatic N) is 3. The second-order valence-electron chi connectivity index (χ2n) is 9.22. The van der Waals surface area contributed by atoms with Crippen molar-refractivity contribution in [1.82, 2.24) is 10.2 Å². The van der Waals surface area contributed by atoms with Crippen LogP contribution in [0.3, 0.4) is 0 Å². The van der Waals surface area contributed by atoms with E-state index in [4.69, 9.17) is 9.73 Å². The van der Waals surface area contributed by atoms with Gasteiger partial charge in [0.2, 0.25) is 0 Å². The van der Waals surface area contributed by atoms with Gasteiger partial charge in [0.15, 0.2) is 0 Å². The molecule has 2 aliphatic heterocycles. The number of piperidine rings is 1. The van der Waals surface area contributed by atoms with E-state index < -0.39 is 11.4 Å². The van der Waals surface area contributed by atoms with E-state index in [1.165, 1.54) is 12.1 Å². The Bertz CT molecular complexity index is 1130. The van der Waals surface area contributed by atoms with Crippen molar-refractivity contribution < 1.29 is 18.7 Å². The number of anilines is 1. The number of benzene rings is 2. The number of rotatable bonds is 4. The number of halogens is 1. The standard InChI is InChI=1S/C26H29FN4O3/c1-34-20-11-6-10-19(16-20)31-25(33)29-24(28-18-8-2-3-9-18)26(31)14-7-15-30(17-26)23(32)21-12-4-5-13-22(21)27/h4-6,10-13,16,18H,2-3,7-9,14-15,17H2,1H3,(H,28,29,33). The first kappa shape index (κ1) is 22.4. The first-order chi connectivity index (χ1) is 16.5. The molecule has 1 aliphatic carbocycles. The van der Waals surface area contributed by atoms with Crippen LogP contribution in [0.4, 0.5) is 14.9 Å². The van der Waals surface area contributed by atoms with Gasteiger partial charge in [-0.3, -0.25) is 20.0 Å². The zero-order valence-electron chi connectivity index (χ0n) is 19.3. The molecular weight excluding hydrogens is 435 g/mol. The van der Waals surface area contributed by atoms with Gasteiger partial charge in [-0.1, -0.05) is 31.0 Å². The first-order valence-electron chi connectivity index (χ1n) is 11.9. The molecule has 2 saturated heterocycles. The summed E-state index contributed by atoms with van der Waals surface area (Å²) in [4.78, 5) is 35.1. The van der Waals surface area contributed by atoms with Crippen LogP contribution in [0.2, 0.25) is 0 Å². The molecule has 2 aromatic carbocycles. The van der Waals surface area contributed by atoms with Gasteiger partial charge in [-0.2, -0.15) is 0 Å². The maximum atomic E-state index is 14.4. The number of amides is 3. The van der Waals surface area contributed by atoms with E-state index in [0.717, 1.165) is 25.7 Å². The molecule has 1 unspecified atom stereocenters. The molecule has 3 aliphatic rings. The number of aliphatic imine (C=N–C) groups is 1. The summed E-state index contributed by atoms with van der Waals surface area (Å²) in [6, 6.07) is 13.3. The summed E-state index contributed by atoms with van der Waals surface area (Å²) >= 11 is 0. The van der Waals surface area contributed by atoms with Crippen LogP contribution in [0, 0.1) is 5.82 Å². The van der Waals surface area contributed by atoms with Crippen LogP contribution in [0.1, 0.15) is 48.9 Å². The van der Waals surface area contributed by atoms with Gasteiger partial charge in [0.25, 0.3) is 5.91 Å². The summed E-state index contributed by atoms with van der Waals surface area (Å²) in [6.07, 6.45) is 5.55. The van der Waals surface area contributed by atoms with Crippen molar-refractivity contribution in [3.8, 4) is 5.75 Å². The smallest absolute Gasteiger partial charge is 0.328 e. The normalized spacial score (nSPS) is 24.2. The van der Waals surface area contributed by atoms with Gasteiger partial charge in [0, 0.05) is 12.6 Å². The summed E-state index contributed by atoms with van der Waals surface area (Å²) in [7, 11) is 1.58. The third kappa shape index (κ3) is 3.91. The molecule has 1 atom stereocenters. The van der Waals surface area contributed by atoms with Gasteiger partial charge in [-0.15, -0.1) is 0 Å². The Hall–Kier alpha value is -3.42. The van der Waals surface area contributed by atoms with E-state index in [1.54, 1.807) is 29.0 Å². The molecule has 0 aromatic heterocycles. The second kappa shape index (κ2) is 9.08. The molecule has 8 heteroatoms. The number of hydrogen-bond donors (Lipinski definition) is 1. The van der Waals surface area contributed by atoms with Crippen LogP contribution in [-0.4, -0.2) is 54.5 Å². The second-order valence-corrected chi connectivity index (χ2v) is 9.22. The Kier molecular flexibility index (Phi) is 5.98. The Morgan fingerprint density at radius 1 is 1.15 bits per heavy atom. The number of hydrogen-bond acceptors (Lipinski definition) is 4. The lowest BCUT2D eigenvalue weighted by atomic mass is 9.86. The average Bonchev–Trinajstić information content (AvgIpc) is 3.45. The number of likely N-dealkylation sites (tertiary alicyclic amines) is 1. The summed E-state index contributed by atoms with van der Waals surface area (Å²) < 4.78 is 19.8. The Labute approximate surface area is 198 Å². The Morgan fingerprint density at radius 2 is 1.94 bits per heavy atom. The average molecular weight is 465 g/mol. The molecule has 3 fully saturated rings. The minimum atomic E-state index is -0.842. The van der Waals surface area contributed by atoms with Gasteiger partial charge in [-0.25, -0.2) is 9.18 Å². The van der Waals surface area contributed by atoms with Crippen LogP contribution < -0.4 is 15.0 Å². The molecule has 34 heavy (non-hydrogen) atoms. The Morgan fingerprint density at radius 3 is 2.71 bits per heavy atom. The fraction of sp³-hybridized carbons (Fsp3) is 0.423. The summed E-state index contributed by atoms with van der Waals surface area (Å²) in [5.41, 5.74) is -0.127. The monoisotopic (exact) mass is 464 g/mol. The minimum Gasteiger partial charge on any atom is -0.497 e. The number of carbonyl (C=O) groups excluding carboxylic acids is 2. The van der Waals surface area contributed by atoms with Crippen LogP contribution >= 0.6 is 0 Å². The third-order valence-corrected chi connectivity index (χ3v) is 7.11. The molecule has 3 amide bonds. The molecule has 1 spiro atoms. The predicted octanol–water partition coefficient (Wildman–Crippen LogP) is 4.38. The zero-order chi connectivity index (χ0) is 23.7. The molecule has 7 nitrogen and oxygen atoms in total. The lowest BCUT2D eigenvalue weighted by Crippen LogP contribution is -2.61. The SMILES string of the molecule is COc1cccc(N2C(=O)NC(=NC3CCCC3)C23CCCN(C(=O)c2ccccc2F)C3)c1. The topological polar surface area (TPSA) is 74.2 Å². The van der Waals surface area contributed by atoms with E-state index >= 15 is 0 Å². The lowest BCUT2D eigenvalue weighted by Gasteiger charge is -2.44. The maximum absolute atomic E-state index is 14.4. The van der Waals surface area contributed by atoms with Crippen LogP contribution in [0.5, 0.6) is 5.75 Å². The molecule has 0 radical (unpaired) electrons. The number of carbonyl (C=O) groups is 2. The molecule has 2 aromatic rings. The fourth-order valence-corrected chi connectivity index (χ4v) is 5.45. The predicted molar refractivity (Wildman–Crippen MR) is 128 cm³/mol. The highest BCUT2D eigenvalue weighted by Gasteiger charge is 2.54. The molecule has 2 heterocycles. The number of urea groups is 1. The first-order valence-corrected chi connectivity index (χ1v) is 11.9. The third-order valence-electron chi connectivity index (χ3n) is 7.11. The van der Waals surface area contributed by atoms with E-state index in [1.807, 2.05) is 24.3 Å². The van der Waals surface area contributed by atoms with Crippen molar-refractivity contribution in [2.75, 3.05) is 25.1 Å². The number of ether oxygens (including phenoxy) is 1. The summed E-state index contributed by atoms with van der Waals surface area (Å²) in [6.45, 7) is 0.730. The lowest BCUT2D eigenvalue weighted by molar-refractivity contribution is 0.0682. The highest BCUT2D eigenvalue weighted by atomic mass is 19.1. The van der Waals surface area contributed by atoms with Crippen molar-refractivity contribution in [2.45, 2.75) is 50.1 Å². The molecule has 1 N–H and O–H groups in total. The number of amidine groups is 1. The largest absolute Gasteiger partial charge is 0.497 e. The highest BCUT2D eigenvalue weighted by Crippen LogP contribution is 2.39. The van der Waals surface area contributed by atoms with Crippen molar-refractivity contribution >= 4 is 23.5 Å². The van der Waals surface area contributed by atoms with Crippen LogP contribution in [0.15, 0.2) is 53.5 Å². The van der Waals surface area contributed by atoms with Crippen LogP contribution in [0.25, 0.3) is 0 Å². The van der Waals surface area contributed by atoms with Crippen molar-refractivity contribution in [3.63, 3.8) is 0 Å². The van der Waals surface area contributed by atoms with E-state index in [0.29, 0.717) is 36.7 Å². The molecular formula is C26H29FN4O3. The summed E-state index contributed by atoms with van der Waals surface area (Å²) in [5.74, 6) is 0.328. The van der Waals surface area contributed by atoms with Gasteiger partial charge < -0.3 is 9.64 Å². The van der Waals surface area contributed by atoms with Crippen LogP contribution in [-0.2, 0) is 0 Å². The summed E-state index contributed by atoms with van der Waals surface area (Å²) in [5, 5.41) is 3.02. The van der Waals surface area contributed by atoms with E-state index in [-0.39, 0.29) is 30.1 Å². The molecule has 178 valence electrons. The molecule has 0 bridgehead atoms. The van der Waals surface area contributed by atoms with Gasteiger partial charge in [0.05, 0.1) is 30.9 Å². The van der Waals surface area contributed by atoms with E-state index in [2.05, 4.69) is 5.32 Å². The molecule has 1 saturated carbocycles. The number of methoxy groups -OCH3 is 1. The van der Waals surface area contributed by atoms with Crippen molar-refractivity contribution in [1.29, 1.82) is 0 Å². The zero-order valence-corrected chi connectivity index (χ0v) is 19.3. The van der Waals surface area contributed by atoms with Gasteiger partial charge in [0.1, 0.15) is 22.9 Å². The Balaban J connectivity index is 1.56. The van der Waals surface area contributed by atoms with E-state index in [9.17, 15) is 14.0 Å². The number of nitrogens with one attached hydrogen (secondary N) is 1.